The number of ether oxygens (including phenoxy) is 3. The number of benzene rings is 2. The highest BCUT2D eigenvalue weighted by Crippen LogP contribution is 2.39. The number of carbonyl (C=O) groups excluding carboxylic acids is 1. The van der Waals surface area contributed by atoms with Gasteiger partial charge in [0.1, 0.15) is 5.82 Å². The average molecular weight is 424 g/mol. The molecule has 0 radical (unpaired) electrons. The van der Waals surface area contributed by atoms with Gasteiger partial charge in [-0.15, -0.1) is 0 Å². The Morgan fingerprint density at radius 1 is 1.03 bits per heavy atom. The molecule has 1 heterocycles. The van der Waals surface area contributed by atoms with Gasteiger partial charge in [-0.3, -0.25) is 4.79 Å². The largest absolute Gasteiger partial charge is 0.490 e. The first-order valence-electron chi connectivity index (χ1n) is 11.0. The van der Waals surface area contributed by atoms with E-state index < -0.39 is 0 Å². The van der Waals surface area contributed by atoms with E-state index in [0.717, 1.165) is 16.9 Å². The van der Waals surface area contributed by atoms with Crippen LogP contribution in [-0.2, 0) is 0 Å². The maximum Gasteiger partial charge on any atom is 0.255 e. The summed E-state index contributed by atoms with van der Waals surface area (Å²) in [5.41, 5.74) is 2.98. The Balaban J connectivity index is 1.59. The van der Waals surface area contributed by atoms with E-state index in [1.165, 1.54) is 19.3 Å². The number of hydrogen-bond donors (Lipinski definition) is 2. The molecule has 31 heavy (non-hydrogen) atoms. The van der Waals surface area contributed by atoms with E-state index in [2.05, 4.69) is 15.3 Å². The van der Waals surface area contributed by atoms with Crippen LogP contribution >= 0.6 is 0 Å². The molecule has 164 valence electrons. The SMILES string of the molecule is CCOc1cc(C(=O)Nc2ccc3nc(C4CCC4)[nH]c3c2)cc(OCC)c1OCC. The molecule has 0 aliphatic heterocycles. The zero-order valence-electron chi connectivity index (χ0n) is 18.3. The normalized spacial score (nSPS) is 13.6. The van der Waals surface area contributed by atoms with Crippen LogP contribution in [0.4, 0.5) is 5.69 Å². The summed E-state index contributed by atoms with van der Waals surface area (Å²) >= 11 is 0. The van der Waals surface area contributed by atoms with Crippen molar-refractivity contribution >= 4 is 22.6 Å². The van der Waals surface area contributed by atoms with E-state index in [1.54, 1.807) is 12.1 Å². The summed E-state index contributed by atoms with van der Waals surface area (Å²) in [4.78, 5) is 21.1. The predicted molar refractivity (Wildman–Crippen MR) is 121 cm³/mol. The fourth-order valence-corrected chi connectivity index (χ4v) is 3.71. The van der Waals surface area contributed by atoms with Gasteiger partial charge in [0.2, 0.25) is 5.75 Å². The molecule has 1 aliphatic rings. The summed E-state index contributed by atoms with van der Waals surface area (Å²) in [6, 6.07) is 9.10. The first kappa shape index (κ1) is 21.0. The Morgan fingerprint density at radius 3 is 2.29 bits per heavy atom. The van der Waals surface area contributed by atoms with Crippen molar-refractivity contribution in [3.05, 3.63) is 41.7 Å². The Labute approximate surface area is 182 Å². The first-order chi connectivity index (χ1) is 15.1. The lowest BCUT2D eigenvalue weighted by Crippen LogP contribution is -2.13. The van der Waals surface area contributed by atoms with Crippen LogP contribution in [0.1, 0.15) is 62.1 Å². The minimum absolute atomic E-state index is 0.247. The van der Waals surface area contributed by atoms with Gasteiger partial charge >= 0.3 is 0 Å². The number of aromatic amines is 1. The molecule has 1 fully saturated rings. The van der Waals surface area contributed by atoms with Crippen LogP contribution < -0.4 is 19.5 Å². The van der Waals surface area contributed by atoms with Gasteiger partial charge in [0.05, 0.1) is 30.9 Å². The highest BCUT2D eigenvalue weighted by Gasteiger charge is 2.23. The molecule has 7 heteroatoms. The maximum atomic E-state index is 13.0. The molecular weight excluding hydrogens is 394 g/mol. The molecule has 0 unspecified atom stereocenters. The van der Waals surface area contributed by atoms with Gasteiger partial charge in [0, 0.05) is 17.2 Å². The molecule has 1 aliphatic carbocycles. The molecule has 1 amide bonds. The molecule has 0 atom stereocenters. The monoisotopic (exact) mass is 423 g/mol. The fourth-order valence-electron chi connectivity index (χ4n) is 3.71. The Bertz CT molecular complexity index is 1040. The lowest BCUT2D eigenvalue weighted by Gasteiger charge is -2.22. The molecule has 1 saturated carbocycles. The minimum atomic E-state index is -0.247. The summed E-state index contributed by atoms with van der Waals surface area (Å²) < 4.78 is 17.2. The predicted octanol–water partition coefficient (Wildman–Crippen LogP) is 5.28. The molecule has 0 spiro atoms. The van der Waals surface area contributed by atoms with Crippen molar-refractivity contribution in [3.63, 3.8) is 0 Å². The zero-order valence-corrected chi connectivity index (χ0v) is 18.3. The molecule has 2 N–H and O–H groups in total. The number of rotatable bonds is 9. The molecule has 0 bridgehead atoms. The van der Waals surface area contributed by atoms with E-state index >= 15 is 0 Å². The third kappa shape index (κ3) is 4.45. The van der Waals surface area contributed by atoms with Crippen molar-refractivity contribution in [1.29, 1.82) is 0 Å². The number of H-pyrrole nitrogens is 1. The standard InChI is InChI=1S/C24H29N3O4/c1-4-29-20-12-16(13-21(30-5-2)22(20)31-6-3)24(28)25-17-10-11-18-19(14-17)27-23(26-18)15-8-7-9-15/h10-15H,4-9H2,1-3H3,(H,25,28)(H,26,27). The van der Waals surface area contributed by atoms with Crippen LogP contribution in [0, 0.1) is 0 Å². The molecule has 0 saturated heterocycles. The summed E-state index contributed by atoms with van der Waals surface area (Å²) in [6.45, 7) is 7.06. The van der Waals surface area contributed by atoms with E-state index in [0.29, 0.717) is 54.2 Å². The summed E-state index contributed by atoms with van der Waals surface area (Å²) in [7, 11) is 0. The van der Waals surface area contributed by atoms with Crippen molar-refractivity contribution in [2.45, 2.75) is 46.0 Å². The van der Waals surface area contributed by atoms with Gasteiger partial charge in [0.25, 0.3) is 5.91 Å². The summed E-state index contributed by atoms with van der Waals surface area (Å²) in [5.74, 6) is 2.83. The van der Waals surface area contributed by atoms with Crippen LogP contribution in [0.15, 0.2) is 30.3 Å². The third-order valence-corrected chi connectivity index (χ3v) is 5.42. The number of anilines is 1. The number of carbonyl (C=O) groups is 1. The number of nitrogens with zero attached hydrogens (tertiary/aromatic N) is 1. The first-order valence-corrected chi connectivity index (χ1v) is 11.0. The fraction of sp³-hybridized carbons (Fsp3) is 0.417. The number of imidazole rings is 1. The lowest BCUT2D eigenvalue weighted by molar-refractivity contribution is 0.102. The van der Waals surface area contributed by atoms with Crippen molar-refractivity contribution in [2.24, 2.45) is 0 Å². The minimum Gasteiger partial charge on any atom is -0.490 e. The lowest BCUT2D eigenvalue weighted by atomic mass is 9.85. The van der Waals surface area contributed by atoms with Crippen molar-refractivity contribution in [3.8, 4) is 17.2 Å². The van der Waals surface area contributed by atoms with Crippen LogP contribution in [0.3, 0.4) is 0 Å². The van der Waals surface area contributed by atoms with Crippen molar-refractivity contribution in [1.82, 2.24) is 9.97 Å². The van der Waals surface area contributed by atoms with Gasteiger partial charge in [-0.25, -0.2) is 4.98 Å². The van der Waals surface area contributed by atoms with Gasteiger partial charge in [0.15, 0.2) is 11.5 Å². The van der Waals surface area contributed by atoms with Crippen LogP contribution in [0.25, 0.3) is 11.0 Å². The van der Waals surface area contributed by atoms with E-state index in [-0.39, 0.29) is 5.91 Å². The number of hydrogen-bond acceptors (Lipinski definition) is 5. The second kappa shape index (κ2) is 9.29. The molecule has 1 aromatic heterocycles. The second-order valence-corrected chi connectivity index (χ2v) is 7.54. The smallest absolute Gasteiger partial charge is 0.255 e. The number of aromatic nitrogens is 2. The average Bonchev–Trinajstić information content (AvgIpc) is 3.11. The zero-order chi connectivity index (χ0) is 21.8. The quantitative estimate of drug-likeness (QED) is 0.489. The molecular formula is C24H29N3O4. The second-order valence-electron chi connectivity index (χ2n) is 7.54. The highest BCUT2D eigenvalue weighted by molar-refractivity contribution is 6.05. The van der Waals surface area contributed by atoms with Crippen LogP contribution in [0.5, 0.6) is 17.2 Å². The van der Waals surface area contributed by atoms with Gasteiger partial charge in [-0.1, -0.05) is 6.42 Å². The van der Waals surface area contributed by atoms with Gasteiger partial charge < -0.3 is 24.5 Å². The summed E-state index contributed by atoms with van der Waals surface area (Å²) in [6.07, 6.45) is 3.63. The number of fused-ring (bicyclic) bond motifs is 1. The van der Waals surface area contributed by atoms with Crippen molar-refractivity contribution < 1.29 is 19.0 Å². The van der Waals surface area contributed by atoms with Crippen LogP contribution in [0.2, 0.25) is 0 Å². The number of amides is 1. The Kier molecular flexibility index (Phi) is 6.30. The third-order valence-electron chi connectivity index (χ3n) is 5.42. The topological polar surface area (TPSA) is 85.5 Å². The van der Waals surface area contributed by atoms with E-state index in [9.17, 15) is 4.79 Å². The van der Waals surface area contributed by atoms with Crippen molar-refractivity contribution in [2.75, 3.05) is 25.1 Å². The Morgan fingerprint density at radius 2 is 1.71 bits per heavy atom. The number of nitrogens with one attached hydrogen (secondary N) is 2. The van der Waals surface area contributed by atoms with E-state index in [4.69, 9.17) is 14.2 Å². The molecule has 3 aromatic rings. The molecule has 7 nitrogen and oxygen atoms in total. The Hall–Kier alpha value is -3.22. The van der Waals surface area contributed by atoms with Gasteiger partial charge in [-0.2, -0.15) is 0 Å². The van der Waals surface area contributed by atoms with Crippen LogP contribution in [-0.4, -0.2) is 35.7 Å². The molecule has 4 rings (SSSR count). The summed E-state index contributed by atoms with van der Waals surface area (Å²) in [5, 5.41) is 2.97. The van der Waals surface area contributed by atoms with Gasteiger partial charge in [-0.05, 0) is 63.9 Å². The highest BCUT2D eigenvalue weighted by atomic mass is 16.5. The molecule has 2 aromatic carbocycles. The maximum absolute atomic E-state index is 13.0. The van der Waals surface area contributed by atoms with E-state index in [1.807, 2.05) is 39.0 Å².